The van der Waals surface area contributed by atoms with Gasteiger partial charge in [-0.2, -0.15) is 0 Å². The Bertz CT molecular complexity index is 205. The van der Waals surface area contributed by atoms with Crippen LogP contribution in [-0.4, -0.2) is 11.2 Å². The minimum Gasteiger partial charge on any atom is -0.389 e. The van der Waals surface area contributed by atoms with Crippen LogP contribution >= 0.6 is 0 Å². The van der Waals surface area contributed by atoms with E-state index in [1.54, 1.807) is 0 Å². The molecule has 0 bridgehead atoms. The molecular weight excluding hydrogens is 148 g/mol. The van der Waals surface area contributed by atoms with Gasteiger partial charge in [-0.3, -0.25) is 0 Å². The molecule has 0 aliphatic heterocycles. The second kappa shape index (κ2) is 3.21. The lowest BCUT2D eigenvalue weighted by Gasteiger charge is -2.34. The molecule has 12 heavy (non-hydrogen) atoms. The van der Waals surface area contributed by atoms with E-state index in [-0.39, 0.29) is 6.10 Å². The summed E-state index contributed by atoms with van der Waals surface area (Å²) in [6.45, 7) is 2.20. The lowest BCUT2D eigenvalue weighted by atomic mass is 9.73. The lowest BCUT2D eigenvalue weighted by molar-refractivity contribution is 0.150. The molecule has 1 saturated carbocycles. The average molecular weight is 166 g/mol. The first-order valence-corrected chi connectivity index (χ1v) is 5.16. The number of hydrogen-bond donors (Lipinski definition) is 1. The predicted molar refractivity (Wildman–Crippen MR) is 49.9 cm³/mol. The zero-order chi connectivity index (χ0) is 8.55. The molecule has 0 aromatic carbocycles. The molecule has 2 aliphatic rings. The van der Waals surface area contributed by atoms with Gasteiger partial charge in [-0.25, -0.2) is 0 Å². The molecule has 0 aromatic heterocycles. The highest BCUT2D eigenvalue weighted by Gasteiger charge is 2.29. The quantitative estimate of drug-likeness (QED) is 0.548. The van der Waals surface area contributed by atoms with Crippen LogP contribution in [0.3, 0.4) is 0 Å². The van der Waals surface area contributed by atoms with Gasteiger partial charge in [-0.1, -0.05) is 5.57 Å². The van der Waals surface area contributed by atoms with Crippen LogP contribution in [0.1, 0.15) is 45.4 Å². The number of fused-ring (bicyclic) bond motifs is 1. The molecule has 68 valence electrons. The van der Waals surface area contributed by atoms with Crippen molar-refractivity contribution in [1.29, 1.82) is 0 Å². The average Bonchev–Trinajstić information content (AvgIpc) is 2.04. The molecule has 2 aliphatic carbocycles. The van der Waals surface area contributed by atoms with E-state index in [0.717, 1.165) is 12.3 Å². The summed E-state index contributed by atoms with van der Waals surface area (Å²) in [6.07, 6.45) is 7.35. The SMILES string of the molecule is CC1=C2C(O)CCCC2CCC1. The monoisotopic (exact) mass is 166 g/mol. The Labute approximate surface area is 74.5 Å². The minimum atomic E-state index is -0.0935. The first kappa shape index (κ1) is 8.31. The highest BCUT2D eigenvalue weighted by molar-refractivity contribution is 5.23. The van der Waals surface area contributed by atoms with E-state index in [4.69, 9.17) is 0 Å². The van der Waals surface area contributed by atoms with E-state index in [1.165, 1.54) is 43.3 Å². The van der Waals surface area contributed by atoms with Crippen LogP contribution in [0.15, 0.2) is 11.1 Å². The van der Waals surface area contributed by atoms with Crippen molar-refractivity contribution < 1.29 is 5.11 Å². The summed E-state index contributed by atoms with van der Waals surface area (Å²) in [6, 6.07) is 0. The fourth-order valence-electron chi connectivity index (χ4n) is 2.83. The summed E-state index contributed by atoms with van der Waals surface area (Å²) in [5.41, 5.74) is 2.89. The fourth-order valence-corrected chi connectivity index (χ4v) is 2.83. The van der Waals surface area contributed by atoms with Crippen molar-refractivity contribution in [3.05, 3.63) is 11.1 Å². The molecular formula is C11H18O. The maximum absolute atomic E-state index is 9.82. The summed E-state index contributed by atoms with van der Waals surface area (Å²) in [5.74, 6) is 0.738. The molecule has 1 nitrogen and oxygen atoms in total. The summed E-state index contributed by atoms with van der Waals surface area (Å²) in [4.78, 5) is 0. The molecule has 0 spiro atoms. The summed E-state index contributed by atoms with van der Waals surface area (Å²) >= 11 is 0. The third-order valence-corrected chi connectivity index (χ3v) is 3.43. The normalized spacial score (nSPS) is 36.5. The van der Waals surface area contributed by atoms with Crippen LogP contribution in [0.5, 0.6) is 0 Å². The minimum absolute atomic E-state index is 0.0935. The smallest absolute Gasteiger partial charge is 0.0755 e. The molecule has 2 rings (SSSR count). The summed E-state index contributed by atoms with van der Waals surface area (Å²) < 4.78 is 0. The van der Waals surface area contributed by atoms with Crippen molar-refractivity contribution in [2.75, 3.05) is 0 Å². The van der Waals surface area contributed by atoms with Gasteiger partial charge in [-0.15, -0.1) is 0 Å². The second-order valence-corrected chi connectivity index (χ2v) is 4.27. The van der Waals surface area contributed by atoms with Crippen LogP contribution in [0.2, 0.25) is 0 Å². The Morgan fingerprint density at radius 3 is 2.67 bits per heavy atom. The Hall–Kier alpha value is -0.300. The summed E-state index contributed by atoms with van der Waals surface area (Å²) in [7, 11) is 0. The highest BCUT2D eigenvalue weighted by Crippen LogP contribution is 2.39. The van der Waals surface area contributed by atoms with Gasteiger partial charge in [0.2, 0.25) is 0 Å². The van der Waals surface area contributed by atoms with Crippen molar-refractivity contribution in [2.24, 2.45) is 5.92 Å². The van der Waals surface area contributed by atoms with Gasteiger partial charge in [0.15, 0.2) is 0 Å². The maximum Gasteiger partial charge on any atom is 0.0755 e. The van der Waals surface area contributed by atoms with E-state index in [0.29, 0.717) is 0 Å². The molecule has 0 amide bonds. The zero-order valence-electron chi connectivity index (χ0n) is 7.84. The number of aliphatic hydroxyl groups is 1. The second-order valence-electron chi connectivity index (χ2n) is 4.27. The molecule has 1 fully saturated rings. The van der Waals surface area contributed by atoms with Crippen molar-refractivity contribution in [3.63, 3.8) is 0 Å². The third-order valence-electron chi connectivity index (χ3n) is 3.43. The van der Waals surface area contributed by atoms with Gasteiger partial charge in [-0.05, 0) is 56.9 Å². The van der Waals surface area contributed by atoms with Gasteiger partial charge in [0.05, 0.1) is 6.10 Å². The van der Waals surface area contributed by atoms with E-state index < -0.39 is 0 Å². The molecule has 2 unspecified atom stereocenters. The maximum atomic E-state index is 9.82. The van der Waals surface area contributed by atoms with E-state index in [9.17, 15) is 5.11 Å². The molecule has 0 aromatic rings. The van der Waals surface area contributed by atoms with Gasteiger partial charge in [0.25, 0.3) is 0 Å². The third kappa shape index (κ3) is 1.31. The zero-order valence-corrected chi connectivity index (χ0v) is 7.84. The summed E-state index contributed by atoms with van der Waals surface area (Å²) in [5, 5.41) is 9.82. The van der Waals surface area contributed by atoms with Gasteiger partial charge in [0, 0.05) is 0 Å². The molecule has 0 heterocycles. The van der Waals surface area contributed by atoms with Crippen LogP contribution in [0, 0.1) is 5.92 Å². The number of hydrogen-bond acceptors (Lipinski definition) is 1. The van der Waals surface area contributed by atoms with Crippen LogP contribution in [-0.2, 0) is 0 Å². The van der Waals surface area contributed by atoms with Crippen molar-refractivity contribution in [2.45, 2.75) is 51.6 Å². The lowest BCUT2D eigenvalue weighted by Crippen LogP contribution is -2.27. The molecule has 1 N–H and O–H groups in total. The Balaban J connectivity index is 2.25. The van der Waals surface area contributed by atoms with Crippen LogP contribution in [0.4, 0.5) is 0 Å². The number of rotatable bonds is 0. The fraction of sp³-hybridized carbons (Fsp3) is 0.818. The van der Waals surface area contributed by atoms with Crippen molar-refractivity contribution >= 4 is 0 Å². The predicted octanol–water partition coefficient (Wildman–Crippen LogP) is 2.65. The Morgan fingerprint density at radius 2 is 1.92 bits per heavy atom. The molecule has 2 atom stereocenters. The first-order chi connectivity index (χ1) is 5.79. The molecule has 0 saturated heterocycles. The van der Waals surface area contributed by atoms with Crippen molar-refractivity contribution in [3.8, 4) is 0 Å². The standard InChI is InChI=1S/C11H18O/c1-8-4-2-5-9-6-3-7-10(12)11(8)9/h9-10,12H,2-7H2,1H3. The van der Waals surface area contributed by atoms with Gasteiger partial charge in [0.1, 0.15) is 0 Å². The van der Waals surface area contributed by atoms with E-state index in [2.05, 4.69) is 6.92 Å². The van der Waals surface area contributed by atoms with Crippen LogP contribution < -0.4 is 0 Å². The van der Waals surface area contributed by atoms with E-state index in [1.807, 2.05) is 0 Å². The largest absolute Gasteiger partial charge is 0.389 e. The molecule has 0 radical (unpaired) electrons. The van der Waals surface area contributed by atoms with Crippen molar-refractivity contribution in [1.82, 2.24) is 0 Å². The topological polar surface area (TPSA) is 20.2 Å². The number of allylic oxidation sites excluding steroid dienone is 1. The van der Waals surface area contributed by atoms with E-state index >= 15 is 0 Å². The highest BCUT2D eigenvalue weighted by atomic mass is 16.3. The number of aliphatic hydroxyl groups excluding tert-OH is 1. The Kier molecular flexibility index (Phi) is 2.22. The first-order valence-electron chi connectivity index (χ1n) is 5.16. The van der Waals surface area contributed by atoms with Gasteiger partial charge < -0.3 is 5.11 Å². The molecule has 1 heteroatoms. The Morgan fingerprint density at radius 1 is 1.17 bits per heavy atom. The van der Waals surface area contributed by atoms with Crippen LogP contribution in [0.25, 0.3) is 0 Å². The van der Waals surface area contributed by atoms with Gasteiger partial charge >= 0.3 is 0 Å².